The van der Waals surface area contributed by atoms with Gasteiger partial charge in [-0.25, -0.2) is 0 Å². The molecule has 0 saturated carbocycles. The van der Waals surface area contributed by atoms with Crippen molar-refractivity contribution in [3.05, 3.63) is 51.8 Å². The van der Waals surface area contributed by atoms with Crippen molar-refractivity contribution in [1.29, 1.82) is 0 Å². The van der Waals surface area contributed by atoms with Gasteiger partial charge in [0.2, 0.25) is 0 Å². The maximum absolute atomic E-state index is 4.59. The molecule has 0 amide bonds. The van der Waals surface area contributed by atoms with Crippen LogP contribution in [0.1, 0.15) is 37.7 Å². The van der Waals surface area contributed by atoms with E-state index in [-0.39, 0.29) is 0 Å². The summed E-state index contributed by atoms with van der Waals surface area (Å²) in [5, 5.41) is 4.59. The highest BCUT2D eigenvalue weighted by atomic mass is 79.9. The fourth-order valence-corrected chi connectivity index (χ4v) is 3.16. The molecular weight excluding hydrogens is 326 g/mol. The lowest BCUT2D eigenvalue weighted by atomic mass is 10.1. The molecular formula is C17H24BrN3. The van der Waals surface area contributed by atoms with Crippen LogP contribution >= 0.6 is 15.9 Å². The Morgan fingerprint density at radius 2 is 1.86 bits per heavy atom. The molecule has 0 radical (unpaired) electrons. The predicted octanol–water partition coefficient (Wildman–Crippen LogP) is 4.16. The number of hydrogen-bond acceptors (Lipinski definition) is 2. The first kappa shape index (κ1) is 16.2. The van der Waals surface area contributed by atoms with E-state index in [9.17, 15) is 0 Å². The standard InChI is InChI=1S/C17H24BrN3/c1-5-15-17(18)16(20(4)19-15)12-21(13(2)3)11-14-9-7-6-8-10-14/h6-10,13H,5,11-12H2,1-4H3. The molecule has 0 fully saturated rings. The molecule has 0 bridgehead atoms. The van der Waals surface area contributed by atoms with Crippen molar-refractivity contribution in [2.24, 2.45) is 7.05 Å². The molecule has 2 rings (SSSR count). The van der Waals surface area contributed by atoms with E-state index in [0.717, 1.165) is 29.7 Å². The zero-order valence-corrected chi connectivity index (χ0v) is 14.9. The molecule has 0 aliphatic heterocycles. The van der Waals surface area contributed by atoms with Crippen LogP contribution in [0.2, 0.25) is 0 Å². The number of nitrogens with zero attached hydrogens (tertiary/aromatic N) is 3. The minimum absolute atomic E-state index is 0.483. The lowest BCUT2D eigenvalue weighted by molar-refractivity contribution is 0.198. The van der Waals surface area contributed by atoms with Gasteiger partial charge >= 0.3 is 0 Å². The number of halogens is 1. The molecule has 0 saturated heterocycles. The third-order valence-corrected chi connectivity index (χ3v) is 4.73. The van der Waals surface area contributed by atoms with Crippen molar-refractivity contribution in [3.8, 4) is 0 Å². The average Bonchev–Trinajstić information content (AvgIpc) is 2.74. The Hall–Kier alpha value is -1.13. The van der Waals surface area contributed by atoms with E-state index in [2.05, 4.69) is 77.0 Å². The summed E-state index contributed by atoms with van der Waals surface area (Å²) in [4.78, 5) is 2.47. The normalized spacial score (nSPS) is 11.6. The van der Waals surface area contributed by atoms with Gasteiger partial charge in [-0.05, 0) is 41.8 Å². The molecule has 1 aromatic carbocycles. The largest absolute Gasteiger partial charge is 0.291 e. The molecule has 2 aromatic rings. The van der Waals surface area contributed by atoms with E-state index < -0.39 is 0 Å². The van der Waals surface area contributed by atoms with Crippen molar-refractivity contribution in [1.82, 2.24) is 14.7 Å². The van der Waals surface area contributed by atoms with Crippen molar-refractivity contribution in [2.45, 2.75) is 46.3 Å². The van der Waals surface area contributed by atoms with Gasteiger partial charge in [0.1, 0.15) is 0 Å². The summed E-state index contributed by atoms with van der Waals surface area (Å²) >= 11 is 3.72. The molecule has 4 heteroatoms. The van der Waals surface area contributed by atoms with Gasteiger partial charge in [0, 0.05) is 26.2 Å². The van der Waals surface area contributed by atoms with Crippen molar-refractivity contribution in [3.63, 3.8) is 0 Å². The van der Waals surface area contributed by atoms with Crippen LogP contribution in [0, 0.1) is 0 Å². The van der Waals surface area contributed by atoms with E-state index >= 15 is 0 Å². The molecule has 0 aliphatic rings. The van der Waals surface area contributed by atoms with E-state index in [4.69, 9.17) is 0 Å². The third-order valence-electron chi connectivity index (χ3n) is 3.81. The fraction of sp³-hybridized carbons (Fsp3) is 0.471. The summed E-state index contributed by atoms with van der Waals surface area (Å²) in [7, 11) is 2.03. The molecule has 0 N–H and O–H groups in total. The summed E-state index contributed by atoms with van der Waals surface area (Å²) < 4.78 is 3.16. The van der Waals surface area contributed by atoms with Crippen molar-refractivity contribution >= 4 is 15.9 Å². The zero-order chi connectivity index (χ0) is 15.4. The Balaban J connectivity index is 2.19. The first-order chi connectivity index (χ1) is 10.0. The second kappa shape index (κ2) is 7.23. The van der Waals surface area contributed by atoms with Crippen molar-refractivity contribution in [2.75, 3.05) is 0 Å². The Morgan fingerprint density at radius 1 is 1.19 bits per heavy atom. The lowest BCUT2D eigenvalue weighted by Gasteiger charge is -2.26. The number of rotatable bonds is 6. The molecule has 0 spiro atoms. The maximum Gasteiger partial charge on any atom is 0.0767 e. The van der Waals surface area contributed by atoms with Gasteiger partial charge in [0.25, 0.3) is 0 Å². The zero-order valence-electron chi connectivity index (χ0n) is 13.3. The Bertz CT molecular complexity index is 575. The Kier molecular flexibility index (Phi) is 5.59. The van der Waals surface area contributed by atoms with Gasteiger partial charge in [-0.2, -0.15) is 5.10 Å². The molecule has 114 valence electrons. The van der Waals surface area contributed by atoms with E-state index in [1.54, 1.807) is 0 Å². The number of aromatic nitrogens is 2. The summed E-state index contributed by atoms with van der Waals surface area (Å²) in [6, 6.07) is 11.1. The highest BCUT2D eigenvalue weighted by molar-refractivity contribution is 9.10. The monoisotopic (exact) mass is 349 g/mol. The third kappa shape index (κ3) is 3.95. The van der Waals surface area contributed by atoms with Crippen LogP contribution in [0.15, 0.2) is 34.8 Å². The summed E-state index contributed by atoms with van der Waals surface area (Å²) in [6.45, 7) is 8.48. The molecule has 0 unspecified atom stereocenters. The summed E-state index contributed by atoms with van der Waals surface area (Å²) in [5.41, 5.74) is 3.73. The van der Waals surface area contributed by atoms with Crippen LogP contribution in [-0.2, 0) is 26.6 Å². The first-order valence-electron chi connectivity index (χ1n) is 7.51. The first-order valence-corrected chi connectivity index (χ1v) is 8.30. The maximum atomic E-state index is 4.59. The van der Waals surface area contributed by atoms with Gasteiger partial charge in [0.15, 0.2) is 0 Å². The Morgan fingerprint density at radius 3 is 2.38 bits per heavy atom. The van der Waals surface area contributed by atoms with Crippen LogP contribution in [0.5, 0.6) is 0 Å². The predicted molar refractivity (Wildman–Crippen MR) is 91.1 cm³/mol. The molecule has 1 heterocycles. The molecule has 21 heavy (non-hydrogen) atoms. The number of aryl methyl sites for hydroxylation is 2. The smallest absolute Gasteiger partial charge is 0.0767 e. The number of benzene rings is 1. The molecule has 3 nitrogen and oxygen atoms in total. The average molecular weight is 350 g/mol. The van der Waals surface area contributed by atoms with Gasteiger partial charge < -0.3 is 0 Å². The molecule has 1 aromatic heterocycles. The fourth-order valence-electron chi connectivity index (χ4n) is 2.42. The highest BCUT2D eigenvalue weighted by Gasteiger charge is 2.18. The van der Waals surface area contributed by atoms with E-state index in [0.29, 0.717) is 6.04 Å². The lowest BCUT2D eigenvalue weighted by Crippen LogP contribution is -2.30. The minimum Gasteiger partial charge on any atom is -0.291 e. The van der Waals surface area contributed by atoms with Gasteiger partial charge in [0.05, 0.1) is 15.9 Å². The molecule has 0 atom stereocenters. The van der Waals surface area contributed by atoms with Crippen molar-refractivity contribution < 1.29 is 0 Å². The van der Waals surface area contributed by atoms with Gasteiger partial charge in [-0.1, -0.05) is 37.3 Å². The quantitative estimate of drug-likeness (QED) is 0.780. The van der Waals surface area contributed by atoms with Crippen LogP contribution in [-0.4, -0.2) is 20.7 Å². The van der Waals surface area contributed by atoms with E-state index in [1.165, 1.54) is 11.3 Å². The molecule has 0 aliphatic carbocycles. The Labute approximate surface area is 136 Å². The van der Waals surface area contributed by atoms with Crippen LogP contribution in [0.4, 0.5) is 0 Å². The second-order valence-corrected chi connectivity index (χ2v) is 6.46. The second-order valence-electron chi connectivity index (χ2n) is 5.67. The van der Waals surface area contributed by atoms with Crippen LogP contribution in [0.25, 0.3) is 0 Å². The summed E-state index contributed by atoms with van der Waals surface area (Å²) in [6.07, 6.45) is 0.953. The highest BCUT2D eigenvalue weighted by Crippen LogP contribution is 2.24. The van der Waals surface area contributed by atoms with E-state index in [1.807, 2.05) is 11.7 Å². The van der Waals surface area contributed by atoms with Gasteiger partial charge in [-0.3, -0.25) is 9.58 Å². The SMILES string of the molecule is CCc1nn(C)c(CN(Cc2ccccc2)C(C)C)c1Br. The van der Waals surface area contributed by atoms with Crippen LogP contribution < -0.4 is 0 Å². The number of hydrogen-bond donors (Lipinski definition) is 0. The summed E-state index contributed by atoms with van der Waals surface area (Å²) in [5.74, 6) is 0. The van der Waals surface area contributed by atoms with Crippen LogP contribution in [0.3, 0.4) is 0 Å². The van der Waals surface area contributed by atoms with Gasteiger partial charge in [-0.15, -0.1) is 0 Å². The minimum atomic E-state index is 0.483. The topological polar surface area (TPSA) is 21.1 Å².